The number of carboxylic acid groups (broad SMARTS) is 1. The Labute approximate surface area is 184 Å². The second-order valence-corrected chi connectivity index (χ2v) is 6.89. The number of ether oxygens (including phenoxy) is 5. The molecule has 0 fully saturated rings. The third-order valence-electron chi connectivity index (χ3n) is 3.83. The average Bonchev–Trinajstić information content (AvgIpc) is 3.31. The van der Waals surface area contributed by atoms with Crippen molar-refractivity contribution in [3.05, 3.63) is 46.4 Å². The van der Waals surface area contributed by atoms with E-state index in [4.69, 9.17) is 28.8 Å². The maximum absolute atomic E-state index is 12.3. The summed E-state index contributed by atoms with van der Waals surface area (Å²) in [7, 11) is 0. The molecule has 1 aromatic heterocycles. The van der Waals surface area contributed by atoms with E-state index >= 15 is 0 Å². The summed E-state index contributed by atoms with van der Waals surface area (Å²) in [4.78, 5) is 26.6. The number of hydrogen-bond donors (Lipinski definition) is 1. The topological polar surface area (TPSA) is 113 Å². The Morgan fingerprint density at radius 3 is 2.06 bits per heavy atom. The molecule has 1 heterocycles. The number of carbonyl (C=O) groups is 2. The van der Waals surface area contributed by atoms with Gasteiger partial charge in [0.15, 0.2) is 0 Å². The van der Waals surface area contributed by atoms with Gasteiger partial charge in [-0.3, -0.25) is 9.59 Å². The number of carboxylic acids is 1. The number of thiazole rings is 1. The van der Waals surface area contributed by atoms with Crippen LogP contribution in [-0.4, -0.2) is 81.3 Å². The van der Waals surface area contributed by atoms with Crippen LogP contribution in [0.4, 0.5) is 0 Å². The standard InChI is InChI=1S/C21H27NO8S/c23-20(24)4-5-26-6-7-27-8-9-28-10-11-29-12-13-30-18-3-1-2-17(14-18)21(25)19-15-31-16-22-19/h1-3,14-16H,4-13H2,(H,23,24). The summed E-state index contributed by atoms with van der Waals surface area (Å²) < 4.78 is 26.9. The van der Waals surface area contributed by atoms with Crippen molar-refractivity contribution in [1.82, 2.24) is 4.98 Å². The fourth-order valence-corrected chi connectivity index (χ4v) is 2.87. The lowest BCUT2D eigenvalue weighted by Gasteiger charge is -2.09. The summed E-state index contributed by atoms with van der Waals surface area (Å²) in [6.45, 7) is 3.45. The smallest absolute Gasteiger partial charge is 0.305 e. The molecule has 170 valence electrons. The summed E-state index contributed by atoms with van der Waals surface area (Å²) in [5, 5.41) is 10.2. The second-order valence-electron chi connectivity index (χ2n) is 6.17. The first-order chi connectivity index (χ1) is 15.2. The Morgan fingerprint density at radius 2 is 1.48 bits per heavy atom. The van der Waals surface area contributed by atoms with Gasteiger partial charge in [-0.1, -0.05) is 12.1 Å². The van der Waals surface area contributed by atoms with Gasteiger partial charge in [0.05, 0.1) is 64.8 Å². The molecule has 0 spiro atoms. The number of ketones is 1. The van der Waals surface area contributed by atoms with Crippen LogP contribution in [0.25, 0.3) is 0 Å². The number of hydrogen-bond acceptors (Lipinski definition) is 9. The second kappa shape index (κ2) is 15.4. The molecule has 0 saturated carbocycles. The number of rotatable bonds is 18. The highest BCUT2D eigenvalue weighted by Crippen LogP contribution is 2.16. The highest BCUT2D eigenvalue weighted by atomic mass is 32.1. The van der Waals surface area contributed by atoms with Gasteiger partial charge in [0.2, 0.25) is 5.78 Å². The van der Waals surface area contributed by atoms with Gasteiger partial charge >= 0.3 is 5.97 Å². The zero-order valence-corrected chi connectivity index (χ0v) is 18.0. The van der Waals surface area contributed by atoms with Crippen LogP contribution in [0.3, 0.4) is 0 Å². The fraction of sp³-hybridized carbons (Fsp3) is 0.476. The van der Waals surface area contributed by atoms with E-state index in [1.54, 1.807) is 35.2 Å². The van der Waals surface area contributed by atoms with Crippen LogP contribution in [0.5, 0.6) is 5.75 Å². The van der Waals surface area contributed by atoms with E-state index in [1.807, 2.05) is 0 Å². The molecule has 0 amide bonds. The maximum atomic E-state index is 12.3. The number of carbonyl (C=O) groups excluding carboxylic acids is 1. The van der Waals surface area contributed by atoms with Crippen LogP contribution in [0, 0.1) is 0 Å². The van der Waals surface area contributed by atoms with Gasteiger partial charge in [-0.25, -0.2) is 4.98 Å². The quantitative estimate of drug-likeness (QED) is 0.268. The first-order valence-corrected chi connectivity index (χ1v) is 10.8. The maximum Gasteiger partial charge on any atom is 0.305 e. The zero-order chi connectivity index (χ0) is 22.2. The summed E-state index contributed by atoms with van der Waals surface area (Å²) in [6, 6.07) is 6.99. The lowest BCUT2D eigenvalue weighted by Crippen LogP contribution is -2.14. The van der Waals surface area contributed by atoms with E-state index in [-0.39, 0.29) is 18.8 Å². The van der Waals surface area contributed by atoms with E-state index in [0.29, 0.717) is 69.9 Å². The minimum absolute atomic E-state index is 0.00646. The van der Waals surface area contributed by atoms with Crippen LogP contribution in [0.2, 0.25) is 0 Å². The molecule has 0 unspecified atom stereocenters. The first-order valence-electron chi connectivity index (χ1n) is 9.85. The lowest BCUT2D eigenvalue weighted by molar-refractivity contribution is -0.138. The molecule has 2 rings (SSSR count). The predicted octanol–water partition coefficient (Wildman–Crippen LogP) is 2.29. The van der Waals surface area contributed by atoms with Crippen molar-refractivity contribution in [2.45, 2.75) is 6.42 Å². The molecule has 10 heteroatoms. The van der Waals surface area contributed by atoms with E-state index in [1.165, 1.54) is 11.3 Å². The number of benzene rings is 1. The molecule has 0 bridgehead atoms. The number of aliphatic carboxylic acids is 1. The minimum Gasteiger partial charge on any atom is -0.491 e. The van der Waals surface area contributed by atoms with Crippen LogP contribution < -0.4 is 4.74 Å². The SMILES string of the molecule is O=C(O)CCOCCOCCOCCOCCOc1cccc(C(=O)c2cscn2)c1. The van der Waals surface area contributed by atoms with Gasteiger partial charge < -0.3 is 28.8 Å². The Kier molecular flexibility index (Phi) is 12.4. The summed E-state index contributed by atoms with van der Waals surface area (Å²) in [5.41, 5.74) is 2.59. The fourth-order valence-electron chi connectivity index (χ4n) is 2.34. The monoisotopic (exact) mass is 453 g/mol. The molecule has 0 aliphatic heterocycles. The third-order valence-corrected chi connectivity index (χ3v) is 4.42. The Balaban J connectivity index is 1.43. The highest BCUT2D eigenvalue weighted by Gasteiger charge is 2.11. The van der Waals surface area contributed by atoms with Gasteiger partial charge in [0.25, 0.3) is 0 Å². The molecule has 0 aliphatic carbocycles. The van der Waals surface area contributed by atoms with Crippen molar-refractivity contribution >= 4 is 23.1 Å². The van der Waals surface area contributed by atoms with Crippen LogP contribution in [0.15, 0.2) is 35.2 Å². The molecular weight excluding hydrogens is 426 g/mol. The highest BCUT2D eigenvalue weighted by molar-refractivity contribution is 7.07. The van der Waals surface area contributed by atoms with E-state index in [2.05, 4.69) is 4.98 Å². The Bertz CT molecular complexity index is 769. The molecule has 0 radical (unpaired) electrons. The van der Waals surface area contributed by atoms with Crippen molar-refractivity contribution < 1.29 is 38.4 Å². The van der Waals surface area contributed by atoms with Gasteiger partial charge in [0.1, 0.15) is 18.1 Å². The lowest BCUT2D eigenvalue weighted by atomic mass is 10.1. The Hall–Kier alpha value is -2.37. The summed E-state index contributed by atoms with van der Waals surface area (Å²) >= 11 is 1.38. The van der Waals surface area contributed by atoms with Gasteiger partial charge in [-0.05, 0) is 12.1 Å². The van der Waals surface area contributed by atoms with Crippen molar-refractivity contribution in [3.8, 4) is 5.75 Å². The van der Waals surface area contributed by atoms with Crippen LogP contribution in [0.1, 0.15) is 22.5 Å². The van der Waals surface area contributed by atoms with Crippen LogP contribution >= 0.6 is 11.3 Å². The number of nitrogens with zero attached hydrogens (tertiary/aromatic N) is 1. The van der Waals surface area contributed by atoms with Gasteiger partial charge in [-0.2, -0.15) is 0 Å². The molecule has 1 N–H and O–H groups in total. The zero-order valence-electron chi connectivity index (χ0n) is 17.2. The average molecular weight is 454 g/mol. The molecule has 1 aromatic carbocycles. The predicted molar refractivity (Wildman–Crippen MR) is 113 cm³/mol. The van der Waals surface area contributed by atoms with Crippen molar-refractivity contribution in [3.63, 3.8) is 0 Å². The summed E-state index contributed by atoms with van der Waals surface area (Å²) in [5.74, 6) is -0.406. The van der Waals surface area contributed by atoms with Crippen LogP contribution in [-0.2, 0) is 23.7 Å². The van der Waals surface area contributed by atoms with E-state index in [9.17, 15) is 9.59 Å². The van der Waals surface area contributed by atoms with E-state index in [0.717, 1.165) is 0 Å². The molecule has 2 aromatic rings. The first kappa shape index (κ1) is 24.9. The van der Waals surface area contributed by atoms with Crippen molar-refractivity contribution in [2.24, 2.45) is 0 Å². The molecule has 0 aliphatic rings. The molecule has 0 saturated heterocycles. The molecule has 31 heavy (non-hydrogen) atoms. The summed E-state index contributed by atoms with van der Waals surface area (Å²) in [6.07, 6.45) is -0.00646. The minimum atomic E-state index is -0.878. The number of aromatic nitrogens is 1. The molecular formula is C21H27NO8S. The van der Waals surface area contributed by atoms with E-state index < -0.39 is 5.97 Å². The van der Waals surface area contributed by atoms with Crippen molar-refractivity contribution in [2.75, 3.05) is 59.5 Å². The molecule has 0 atom stereocenters. The van der Waals surface area contributed by atoms with Gasteiger partial charge in [0, 0.05) is 10.9 Å². The largest absolute Gasteiger partial charge is 0.491 e. The normalized spacial score (nSPS) is 10.8. The molecule has 9 nitrogen and oxygen atoms in total. The van der Waals surface area contributed by atoms with Gasteiger partial charge in [-0.15, -0.1) is 11.3 Å². The third kappa shape index (κ3) is 11.0. The Morgan fingerprint density at radius 1 is 0.871 bits per heavy atom. The van der Waals surface area contributed by atoms with Crippen molar-refractivity contribution in [1.29, 1.82) is 0 Å².